The molecule has 0 aromatic rings. The summed E-state index contributed by atoms with van der Waals surface area (Å²) in [5.41, 5.74) is 11.0. The molecule has 0 aliphatic carbocycles. The van der Waals surface area contributed by atoms with Crippen LogP contribution >= 0.6 is 0 Å². The van der Waals surface area contributed by atoms with Crippen LogP contribution in [0.3, 0.4) is 0 Å². The maximum Gasteiger partial charge on any atom is 0.0110 e. The molecule has 6 N–H and O–H groups in total. The minimum atomic E-state index is 0.715. The number of hydrogen-bond acceptors (Lipinski definition) is 6. The van der Waals surface area contributed by atoms with E-state index in [0.29, 0.717) is 6.54 Å². The molecule has 1 aliphatic rings. The maximum atomic E-state index is 5.56. The van der Waals surface area contributed by atoms with Crippen LogP contribution in [0.4, 0.5) is 0 Å². The summed E-state index contributed by atoms with van der Waals surface area (Å²) in [6, 6.07) is 0. The standard InChI is InChI=1S/C12H30N6/c13-1-3-15-4-5-16-6-8-18-11-9-17(7-2-14)10-12-18/h15-16H,1-14H2. The largest absolute Gasteiger partial charge is 0.329 e. The Labute approximate surface area is 111 Å². The monoisotopic (exact) mass is 258 g/mol. The van der Waals surface area contributed by atoms with Crippen molar-refractivity contribution in [1.29, 1.82) is 0 Å². The number of nitrogens with zero attached hydrogens (tertiary/aromatic N) is 2. The first-order valence-corrected chi connectivity index (χ1v) is 7.13. The van der Waals surface area contributed by atoms with E-state index in [4.69, 9.17) is 11.5 Å². The Balaban J connectivity index is 1.88. The van der Waals surface area contributed by atoms with Crippen LogP contribution in [0, 0.1) is 0 Å². The second-order valence-electron chi connectivity index (χ2n) is 4.76. The Morgan fingerprint density at radius 2 is 1.22 bits per heavy atom. The molecule has 0 saturated carbocycles. The van der Waals surface area contributed by atoms with Crippen LogP contribution in [0.2, 0.25) is 0 Å². The number of piperazine rings is 1. The first kappa shape index (κ1) is 15.8. The molecule has 0 bridgehead atoms. The molecule has 0 amide bonds. The molecule has 6 heteroatoms. The molecule has 6 nitrogen and oxygen atoms in total. The molecule has 0 aromatic heterocycles. The van der Waals surface area contributed by atoms with Gasteiger partial charge in [0.05, 0.1) is 0 Å². The van der Waals surface area contributed by atoms with Gasteiger partial charge in [-0.1, -0.05) is 0 Å². The van der Waals surface area contributed by atoms with Gasteiger partial charge in [-0.3, -0.25) is 9.80 Å². The van der Waals surface area contributed by atoms with E-state index in [1.165, 1.54) is 13.1 Å². The number of rotatable bonds is 10. The predicted octanol–water partition coefficient (Wildman–Crippen LogP) is -2.30. The van der Waals surface area contributed by atoms with Gasteiger partial charge in [0.25, 0.3) is 0 Å². The number of nitrogens with one attached hydrogen (secondary N) is 2. The molecule has 1 saturated heterocycles. The Bertz CT molecular complexity index is 181. The predicted molar refractivity (Wildman–Crippen MR) is 76.7 cm³/mol. The molecule has 0 atom stereocenters. The molecule has 0 spiro atoms. The summed E-state index contributed by atoms with van der Waals surface area (Å²) in [4.78, 5) is 4.97. The normalized spacial score (nSPS) is 18.3. The van der Waals surface area contributed by atoms with Crippen LogP contribution in [0.25, 0.3) is 0 Å². The van der Waals surface area contributed by atoms with Gasteiger partial charge < -0.3 is 22.1 Å². The Morgan fingerprint density at radius 3 is 1.78 bits per heavy atom. The first-order chi connectivity index (χ1) is 8.86. The SMILES string of the molecule is NCCNCCNCCN1CCN(CCN)CC1. The van der Waals surface area contributed by atoms with Crippen molar-refractivity contribution in [3.05, 3.63) is 0 Å². The quantitative estimate of drug-likeness (QED) is 0.330. The fraction of sp³-hybridized carbons (Fsp3) is 1.00. The highest BCUT2D eigenvalue weighted by atomic mass is 15.3. The van der Waals surface area contributed by atoms with Gasteiger partial charge in [-0.2, -0.15) is 0 Å². The highest BCUT2D eigenvalue weighted by molar-refractivity contribution is 4.72. The van der Waals surface area contributed by atoms with Crippen molar-refractivity contribution in [2.45, 2.75) is 0 Å². The first-order valence-electron chi connectivity index (χ1n) is 7.13. The van der Waals surface area contributed by atoms with E-state index in [9.17, 15) is 0 Å². The summed E-state index contributed by atoms with van der Waals surface area (Å²) in [7, 11) is 0. The summed E-state index contributed by atoms with van der Waals surface area (Å²) >= 11 is 0. The summed E-state index contributed by atoms with van der Waals surface area (Å²) in [6.07, 6.45) is 0. The second kappa shape index (κ2) is 10.7. The van der Waals surface area contributed by atoms with Crippen molar-refractivity contribution in [2.24, 2.45) is 11.5 Å². The van der Waals surface area contributed by atoms with Gasteiger partial charge in [-0.25, -0.2) is 0 Å². The lowest BCUT2D eigenvalue weighted by atomic mass is 10.3. The zero-order valence-electron chi connectivity index (χ0n) is 11.5. The third-order valence-electron chi connectivity index (χ3n) is 3.31. The maximum absolute atomic E-state index is 5.56. The minimum Gasteiger partial charge on any atom is -0.329 e. The topological polar surface area (TPSA) is 82.6 Å². The average molecular weight is 258 g/mol. The van der Waals surface area contributed by atoms with Gasteiger partial charge in [0.2, 0.25) is 0 Å². The fourth-order valence-corrected chi connectivity index (χ4v) is 2.19. The molecule has 0 unspecified atom stereocenters. The van der Waals surface area contributed by atoms with Crippen molar-refractivity contribution in [3.8, 4) is 0 Å². The van der Waals surface area contributed by atoms with Gasteiger partial charge in [0.15, 0.2) is 0 Å². The molecule has 1 fully saturated rings. The minimum absolute atomic E-state index is 0.715. The van der Waals surface area contributed by atoms with Gasteiger partial charge in [-0.15, -0.1) is 0 Å². The molecule has 0 radical (unpaired) electrons. The van der Waals surface area contributed by atoms with Gasteiger partial charge in [0.1, 0.15) is 0 Å². The van der Waals surface area contributed by atoms with Crippen LogP contribution in [0.1, 0.15) is 0 Å². The Morgan fingerprint density at radius 1 is 0.667 bits per heavy atom. The number of hydrogen-bond donors (Lipinski definition) is 4. The summed E-state index contributed by atoms with van der Waals surface area (Å²) < 4.78 is 0. The van der Waals surface area contributed by atoms with Crippen molar-refractivity contribution < 1.29 is 0 Å². The molecule has 1 aliphatic heterocycles. The van der Waals surface area contributed by atoms with Crippen molar-refractivity contribution >= 4 is 0 Å². The zero-order valence-corrected chi connectivity index (χ0v) is 11.5. The van der Waals surface area contributed by atoms with E-state index in [1.807, 2.05) is 0 Å². The summed E-state index contributed by atoms with van der Waals surface area (Å²) in [5.74, 6) is 0. The van der Waals surface area contributed by atoms with Crippen LogP contribution in [-0.2, 0) is 0 Å². The number of nitrogens with two attached hydrogens (primary N) is 2. The van der Waals surface area contributed by atoms with Gasteiger partial charge in [-0.05, 0) is 0 Å². The molecular formula is C12H30N6. The van der Waals surface area contributed by atoms with E-state index in [0.717, 1.165) is 58.9 Å². The lowest BCUT2D eigenvalue weighted by molar-refractivity contribution is 0.136. The Hall–Kier alpha value is -0.240. The molecule has 0 aromatic carbocycles. The van der Waals surface area contributed by atoms with Crippen LogP contribution in [-0.4, -0.2) is 88.3 Å². The van der Waals surface area contributed by atoms with E-state index >= 15 is 0 Å². The van der Waals surface area contributed by atoms with Crippen molar-refractivity contribution in [1.82, 2.24) is 20.4 Å². The Kier molecular flexibility index (Phi) is 9.37. The van der Waals surface area contributed by atoms with Gasteiger partial charge >= 0.3 is 0 Å². The average Bonchev–Trinajstić information content (AvgIpc) is 2.40. The molecule has 1 rings (SSSR count). The fourth-order valence-electron chi connectivity index (χ4n) is 2.19. The van der Waals surface area contributed by atoms with Crippen LogP contribution in [0.5, 0.6) is 0 Å². The van der Waals surface area contributed by atoms with E-state index in [2.05, 4.69) is 20.4 Å². The molecule has 108 valence electrons. The third kappa shape index (κ3) is 7.25. The smallest absolute Gasteiger partial charge is 0.0110 e. The van der Waals surface area contributed by atoms with E-state index in [-0.39, 0.29) is 0 Å². The van der Waals surface area contributed by atoms with Crippen molar-refractivity contribution in [2.75, 3.05) is 78.5 Å². The highest BCUT2D eigenvalue weighted by Gasteiger charge is 2.14. The van der Waals surface area contributed by atoms with Gasteiger partial charge in [0, 0.05) is 78.5 Å². The van der Waals surface area contributed by atoms with Crippen molar-refractivity contribution in [3.63, 3.8) is 0 Å². The lowest BCUT2D eigenvalue weighted by Gasteiger charge is -2.34. The molecule has 18 heavy (non-hydrogen) atoms. The lowest BCUT2D eigenvalue weighted by Crippen LogP contribution is -2.49. The van der Waals surface area contributed by atoms with Crippen LogP contribution < -0.4 is 22.1 Å². The van der Waals surface area contributed by atoms with E-state index in [1.54, 1.807) is 0 Å². The summed E-state index contributed by atoms with van der Waals surface area (Å²) in [5, 5.41) is 6.72. The molecular weight excluding hydrogens is 228 g/mol. The molecule has 1 heterocycles. The second-order valence-corrected chi connectivity index (χ2v) is 4.76. The highest BCUT2D eigenvalue weighted by Crippen LogP contribution is 1.99. The summed E-state index contributed by atoms with van der Waals surface area (Å²) in [6.45, 7) is 12.3. The third-order valence-corrected chi connectivity index (χ3v) is 3.31. The van der Waals surface area contributed by atoms with E-state index < -0.39 is 0 Å². The zero-order chi connectivity index (χ0) is 13.1. The van der Waals surface area contributed by atoms with Crippen LogP contribution in [0.15, 0.2) is 0 Å².